The maximum absolute atomic E-state index is 12.3. The molecule has 2 unspecified atom stereocenters. The first-order chi connectivity index (χ1) is 11.6. The van der Waals surface area contributed by atoms with Crippen molar-refractivity contribution in [3.63, 3.8) is 0 Å². The Bertz CT molecular complexity index is 710. The molecule has 1 amide bonds. The highest BCUT2D eigenvalue weighted by Gasteiger charge is 2.25. The molecule has 1 aromatic carbocycles. The first kappa shape index (κ1) is 16.6. The number of nitrogens with zero attached hydrogens (tertiary/aromatic N) is 1. The number of aromatic nitrogens is 1. The SMILES string of the molecule is O=C(NC(Cc1ccccc1)C(=O)O)c1csc(C2CCCO2)n1. The van der Waals surface area contributed by atoms with Crippen LogP contribution in [0.25, 0.3) is 0 Å². The Labute approximate surface area is 143 Å². The van der Waals surface area contributed by atoms with Crippen LogP contribution >= 0.6 is 11.3 Å². The Kier molecular flexibility index (Phi) is 5.22. The average molecular weight is 346 g/mol. The Hall–Kier alpha value is -2.25. The van der Waals surface area contributed by atoms with Crippen molar-refractivity contribution in [3.8, 4) is 0 Å². The first-order valence-corrected chi connectivity index (χ1v) is 8.66. The van der Waals surface area contributed by atoms with E-state index in [1.165, 1.54) is 11.3 Å². The van der Waals surface area contributed by atoms with Crippen molar-refractivity contribution in [1.82, 2.24) is 10.3 Å². The molecular weight excluding hydrogens is 328 g/mol. The van der Waals surface area contributed by atoms with Gasteiger partial charge in [-0.2, -0.15) is 0 Å². The predicted molar refractivity (Wildman–Crippen MR) is 89.1 cm³/mol. The van der Waals surface area contributed by atoms with Gasteiger partial charge in [-0.25, -0.2) is 9.78 Å². The van der Waals surface area contributed by atoms with E-state index < -0.39 is 17.9 Å². The minimum Gasteiger partial charge on any atom is -0.480 e. The van der Waals surface area contributed by atoms with Crippen LogP contribution in [0.4, 0.5) is 0 Å². The zero-order valence-electron chi connectivity index (χ0n) is 13.0. The van der Waals surface area contributed by atoms with Crippen molar-refractivity contribution in [2.24, 2.45) is 0 Å². The second-order valence-electron chi connectivity index (χ2n) is 5.63. The van der Waals surface area contributed by atoms with Gasteiger partial charge in [0.1, 0.15) is 22.8 Å². The maximum Gasteiger partial charge on any atom is 0.326 e. The summed E-state index contributed by atoms with van der Waals surface area (Å²) in [5, 5.41) is 14.3. The zero-order valence-corrected chi connectivity index (χ0v) is 13.8. The molecule has 2 aromatic rings. The van der Waals surface area contributed by atoms with Crippen LogP contribution in [0, 0.1) is 0 Å². The lowest BCUT2D eigenvalue weighted by Crippen LogP contribution is -2.42. The fourth-order valence-electron chi connectivity index (χ4n) is 2.59. The van der Waals surface area contributed by atoms with Gasteiger partial charge in [-0.15, -0.1) is 11.3 Å². The summed E-state index contributed by atoms with van der Waals surface area (Å²) in [7, 11) is 0. The van der Waals surface area contributed by atoms with E-state index in [1.54, 1.807) is 5.38 Å². The average Bonchev–Trinajstić information content (AvgIpc) is 3.26. The summed E-state index contributed by atoms with van der Waals surface area (Å²) in [6.07, 6.45) is 2.07. The van der Waals surface area contributed by atoms with Crippen LogP contribution in [0.1, 0.15) is 40.0 Å². The van der Waals surface area contributed by atoms with Gasteiger partial charge in [-0.1, -0.05) is 30.3 Å². The highest BCUT2D eigenvalue weighted by molar-refractivity contribution is 7.09. The van der Waals surface area contributed by atoms with Crippen LogP contribution in [-0.2, 0) is 16.0 Å². The molecule has 7 heteroatoms. The third-order valence-corrected chi connectivity index (χ3v) is 4.78. The number of thiazole rings is 1. The van der Waals surface area contributed by atoms with Gasteiger partial charge in [-0.05, 0) is 18.4 Å². The van der Waals surface area contributed by atoms with Crippen LogP contribution in [0.2, 0.25) is 0 Å². The Morgan fingerprint density at radius 1 is 1.38 bits per heavy atom. The fourth-order valence-corrected chi connectivity index (χ4v) is 3.48. The molecule has 1 aromatic heterocycles. The van der Waals surface area contributed by atoms with E-state index in [0.717, 1.165) is 23.4 Å². The number of hydrogen-bond donors (Lipinski definition) is 2. The van der Waals surface area contributed by atoms with Crippen molar-refractivity contribution >= 4 is 23.2 Å². The molecule has 2 heterocycles. The van der Waals surface area contributed by atoms with Gasteiger partial charge >= 0.3 is 5.97 Å². The molecule has 0 bridgehead atoms. The van der Waals surface area contributed by atoms with Crippen molar-refractivity contribution in [1.29, 1.82) is 0 Å². The molecule has 1 fully saturated rings. The Balaban J connectivity index is 1.66. The molecule has 1 saturated heterocycles. The number of ether oxygens (including phenoxy) is 1. The molecule has 24 heavy (non-hydrogen) atoms. The normalized spacial score (nSPS) is 18.2. The van der Waals surface area contributed by atoms with Gasteiger partial charge in [-0.3, -0.25) is 4.79 Å². The summed E-state index contributed by atoms with van der Waals surface area (Å²) in [5.74, 6) is -1.54. The van der Waals surface area contributed by atoms with Crippen LogP contribution < -0.4 is 5.32 Å². The van der Waals surface area contributed by atoms with E-state index in [9.17, 15) is 14.7 Å². The van der Waals surface area contributed by atoms with E-state index in [0.29, 0.717) is 6.61 Å². The van der Waals surface area contributed by atoms with Gasteiger partial charge < -0.3 is 15.2 Å². The zero-order chi connectivity index (χ0) is 16.9. The number of hydrogen-bond acceptors (Lipinski definition) is 5. The molecule has 1 aliphatic heterocycles. The summed E-state index contributed by atoms with van der Waals surface area (Å²) in [5.41, 5.74) is 1.09. The molecule has 0 saturated carbocycles. The van der Waals surface area contributed by atoms with Gasteiger partial charge in [0.15, 0.2) is 0 Å². The fraction of sp³-hybridized carbons (Fsp3) is 0.353. The Morgan fingerprint density at radius 2 is 2.17 bits per heavy atom. The number of aliphatic carboxylic acids is 1. The standard InChI is InChI=1S/C17H18N2O4S/c20-15(13-10-24-16(19-13)14-7-4-8-23-14)18-12(17(21)22)9-11-5-2-1-3-6-11/h1-3,5-6,10,12,14H,4,7-9H2,(H,18,20)(H,21,22). The summed E-state index contributed by atoms with van der Waals surface area (Å²) in [6, 6.07) is 8.21. The second kappa shape index (κ2) is 7.55. The topological polar surface area (TPSA) is 88.5 Å². The summed E-state index contributed by atoms with van der Waals surface area (Å²) >= 11 is 1.37. The summed E-state index contributed by atoms with van der Waals surface area (Å²) < 4.78 is 5.55. The van der Waals surface area contributed by atoms with E-state index in [4.69, 9.17) is 4.74 Å². The van der Waals surface area contributed by atoms with E-state index in [2.05, 4.69) is 10.3 Å². The van der Waals surface area contributed by atoms with Crippen LogP contribution in [0.3, 0.4) is 0 Å². The number of nitrogens with one attached hydrogen (secondary N) is 1. The van der Waals surface area contributed by atoms with Crippen LogP contribution in [0.15, 0.2) is 35.7 Å². The van der Waals surface area contributed by atoms with Crippen LogP contribution in [0.5, 0.6) is 0 Å². The molecular formula is C17H18N2O4S. The van der Waals surface area contributed by atoms with Crippen LogP contribution in [-0.4, -0.2) is 34.6 Å². The highest BCUT2D eigenvalue weighted by atomic mass is 32.1. The number of carbonyl (C=O) groups is 2. The summed E-state index contributed by atoms with van der Waals surface area (Å²) in [6.45, 7) is 0.712. The van der Waals surface area contributed by atoms with E-state index in [1.807, 2.05) is 30.3 Å². The molecule has 0 spiro atoms. The van der Waals surface area contributed by atoms with Gasteiger partial charge in [0.2, 0.25) is 0 Å². The van der Waals surface area contributed by atoms with Gasteiger partial charge in [0.05, 0.1) is 0 Å². The van der Waals surface area contributed by atoms with Crippen molar-refractivity contribution in [2.75, 3.05) is 6.61 Å². The number of carboxylic acid groups (broad SMARTS) is 1. The van der Waals surface area contributed by atoms with Crippen molar-refractivity contribution < 1.29 is 19.4 Å². The number of benzene rings is 1. The number of carbonyl (C=O) groups excluding carboxylic acids is 1. The molecule has 3 rings (SSSR count). The van der Waals surface area contributed by atoms with E-state index >= 15 is 0 Å². The molecule has 0 radical (unpaired) electrons. The number of carboxylic acids is 1. The smallest absolute Gasteiger partial charge is 0.326 e. The molecule has 2 atom stereocenters. The number of amides is 1. The largest absolute Gasteiger partial charge is 0.480 e. The lowest BCUT2D eigenvalue weighted by Gasteiger charge is -2.13. The second-order valence-corrected chi connectivity index (χ2v) is 6.52. The minimum absolute atomic E-state index is 0.0452. The number of rotatable bonds is 6. The lowest BCUT2D eigenvalue weighted by molar-refractivity contribution is -0.139. The Morgan fingerprint density at radius 3 is 2.83 bits per heavy atom. The first-order valence-electron chi connectivity index (χ1n) is 7.78. The molecule has 2 N–H and O–H groups in total. The van der Waals surface area contributed by atoms with E-state index in [-0.39, 0.29) is 18.2 Å². The quantitative estimate of drug-likeness (QED) is 0.838. The third-order valence-electron chi connectivity index (χ3n) is 3.85. The molecule has 126 valence electrons. The predicted octanol–water partition coefficient (Wildman–Crippen LogP) is 2.42. The molecule has 6 nitrogen and oxygen atoms in total. The minimum atomic E-state index is -1.07. The monoisotopic (exact) mass is 346 g/mol. The maximum atomic E-state index is 12.3. The highest BCUT2D eigenvalue weighted by Crippen LogP contribution is 2.30. The third kappa shape index (κ3) is 3.98. The van der Waals surface area contributed by atoms with Gasteiger partial charge in [0, 0.05) is 18.4 Å². The summed E-state index contributed by atoms with van der Waals surface area (Å²) in [4.78, 5) is 28.0. The molecule has 0 aliphatic carbocycles. The van der Waals surface area contributed by atoms with Crippen molar-refractivity contribution in [3.05, 3.63) is 52.0 Å². The van der Waals surface area contributed by atoms with Crippen molar-refractivity contribution in [2.45, 2.75) is 31.4 Å². The molecule has 1 aliphatic rings. The lowest BCUT2D eigenvalue weighted by atomic mass is 10.1. The van der Waals surface area contributed by atoms with Gasteiger partial charge in [0.25, 0.3) is 5.91 Å².